The van der Waals surface area contributed by atoms with E-state index in [0.29, 0.717) is 13.0 Å². The van der Waals surface area contributed by atoms with E-state index in [2.05, 4.69) is 62.4 Å². The van der Waals surface area contributed by atoms with Crippen LogP contribution >= 0.6 is 15.9 Å². The number of aryl methyl sites for hydroxylation is 1. The molecule has 106 valence electrons. The van der Waals surface area contributed by atoms with Crippen molar-refractivity contribution in [1.29, 1.82) is 0 Å². The van der Waals surface area contributed by atoms with Crippen LogP contribution in [-0.4, -0.2) is 24.1 Å². The highest BCUT2D eigenvalue weighted by Crippen LogP contribution is 2.24. The number of rotatable bonds is 5. The second-order valence-corrected chi connectivity index (χ2v) is 5.39. The molecule has 0 aliphatic carbocycles. The summed E-state index contributed by atoms with van der Waals surface area (Å²) in [5.41, 5.74) is 3.30. The zero-order chi connectivity index (χ0) is 14.5. The van der Waals surface area contributed by atoms with Gasteiger partial charge in [0.15, 0.2) is 0 Å². The molecule has 4 nitrogen and oxygen atoms in total. The third kappa shape index (κ3) is 3.55. The lowest BCUT2D eigenvalue weighted by Crippen LogP contribution is -2.07. The summed E-state index contributed by atoms with van der Waals surface area (Å²) in [5, 5.41) is 3.08. The molecule has 0 unspecified atom stereocenters. The van der Waals surface area contributed by atoms with E-state index < -0.39 is 0 Å². The molecule has 20 heavy (non-hydrogen) atoms. The van der Waals surface area contributed by atoms with Crippen molar-refractivity contribution in [2.24, 2.45) is 0 Å². The first kappa shape index (κ1) is 14.9. The predicted molar refractivity (Wildman–Crippen MR) is 84.0 cm³/mol. The van der Waals surface area contributed by atoms with Gasteiger partial charge >= 0.3 is 0 Å². The molecular weight excluding hydrogens is 318 g/mol. The van der Waals surface area contributed by atoms with E-state index in [0.717, 1.165) is 21.8 Å². The van der Waals surface area contributed by atoms with Crippen LogP contribution in [0.3, 0.4) is 0 Å². The molecule has 0 aliphatic rings. The third-order valence-corrected chi connectivity index (χ3v) is 3.80. The van der Waals surface area contributed by atoms with E-state index in [9.17, 15) is 0 Å². The lowest BCUT2D eigenvalue weighted by Gasteiger charge is -2.10. The monoisotopic (exact) mass is 335 g/mol. The molecule has 1 heterocycles. The van der Waals surface area contributed by atoms with E-state index in [4.69, 9.17) is 4.74 Å². The Labute approximate surface area is 127 Å². The normalized spacial score (nSPS) is 10.6. The average Bonchev–Trinajstić information content (AvgIpc) is 2.45. The number of hydrogen-bond acceptors (Lipinski definition) is 4. The molecular formula is C15H18BrN3O. The number of nitrogens with one attached hydrogen (secondary N) is 1. The van der Waals surface area contributed by atoms with Gasteiger partial charge in [0.1, 0.15) is 11.6 Å². The summed E-state index contributed by atoms with van der Waals surface area (Å²) >= 11 is 3.50. The SMILES string of the molecule is CNc1nc(Cc2ccc(C)cc2)nc(COC)c1Br. The average molecular weight is 336 g/mol. The van der Waals surface area contributed by atoms with Gasteiger partial charge in [-0.15, -0.1) is 0 Å². The Bertz CT molecular complexity index is 584. The number of benzene rings is 1. The van der Waals surface area contributed by atoms with E-state index in [1.54, 1.807) is 7.11 Å². The molecule has 0 saturated carbocycles. The quantitative estimate of drug-likeness (QED) is 0.910. The molecule has 0 spiro atoms. The number of ether oxygens (including phenoxy) is 1. The fraction of sp³-hybridized carbons (Fsp3) is 0.333. The Morgan fingerprint density at radius 3 is 2.50 bits per heavy atom. The first-order valence-electron chi connectivity index (χ1n) is 6.41. The lowest BCUT2D eigenvalue weighted by atomic mass is 10.1. The summed E-state index contributed by atoms with van der Waals surface area (Å²) in [4.78, 5) is 9.09. The maximum Gasteiger partial charge on any atom is 0.144 e. The highest BCUT2D eigenvalue weighted by molar-refractivity contribution is 9.10. The molecule has 0 saturated heterocycles. The molecule has 0 fully saturated rings. The molecule has 5 heteroatoms. The van der Waals surface area contributed by atoms with Gasteiger partial charge in [0, 0.05) is 20.6 Å². The molecule has 1 aromatic heterocycles. The van der Waals surface area contributed by atoms with Crippen LogP contribution in [0.1, 0.15) is 22.6 Å². The number of methoxy groups -OCH3 is 1. The molecule has 1 aromatic carbocycles. The van der Waals surface area contributed by atoms with Crippen LogP contribution in [0.25, 0.3) is 0 Å². The Kier molecular flexibility index (Phi) is 5.09. The smallest absolute Gasteiger partial charge is 0.144 e. The minimum Gasteiger partial charge on any atom is -0.378 e. The standard InChI is InChI=1S/C15H18BrN3O/c1-10-4-6-11(7-5-10)8-13-18-12(9-20-3)14(16)15(17-2)19-13/h4-7H,8-9H2,1-3H3,(H,17,18,19). The van der Waals surface area contributed by atoms with E-state index in [-0.39, 0.29) is 0 Å². The van der Waals surface area contributed by atoms with Crippen molar-refractivity contribution < 1.29 is 4.74 Å². The van der Waals surface area contributed by atoms with Crippen LogP contribution in [0, 0.1) is 6.92 Å². The van der Waals surface area contributed by atoms with Crippen LogP contribution in [0.15, 0.2) is 28.7 Å². The van der Waals surface area contributed by atoms with Gasteiger partial charge in [-0.25, -0.2) is 9.97 Å². The Morgan fingerprint density at radius 2 is 1.90 bits per heavy atom. The largest absolute Gasteiger partial charge is 0.378 e. The summed E-state index contributed by atoms with van der Waals surface area (Å²) in [6, 6.07) is 8.41. The third-order valence-electron chi connectivity index (χ3n) is 2.97. The van der Waals surface area contributed by atoms with Crippen LogP contribution in [0.5, 0.6) is 0 Å². The first-order chi connectivity index (χ1) is 9.63. The topological polar surface area (TPSA) is 47.0 Å². The van der Waals surface area contributed by atoms with Crippen molar-refractivity contribution in [3.63, 3.8) is 0 Å². The molecule has 0 atom stereocenters. The number of aromatic nitrogens is 2. The van der Waals surface area contributed by atoms with Crippen molar-refractivity contribution >= 4 is 21.7 Å². The van der Waals surface area contributed by atoms with Gasteiger partial charge in [0.25, 0.3) is 0 Å². The Balaban J connectivity index is 2.31. The first-order valence-corrected chi connectivity index (χ1v) is 7.21. The maximum atomic E-state index is 5.18. The van der Waals surface area contributed by atoms with Crippen molar-refractivity contribution in [2.45, 2.75) is 20.0 Å². The zero-order valence-corrected chi connectivity index (χ0v) is 13.5. The molecule has 0 amide bonds. The molecule has 0 radical (unpaired) electrons. The van der Waals surface area contributed by atoms with Crippen LogP contribution in [-0.2, 0) is 17.8 Å². The minimum absolute atomic E-state index is 0.457. The molecule has 0 bridgehead atoms. The molecule has 1 N–H and O–H groups in total. The van der Waals surface area contributed by atoms with Gasteiger partial charge in [-0.2, -0.15) is 0 Å². The second kappa shape index (κ2) is 6.81. The minimum atomic E-state index is 0.457. The van der Waals surface area contributed by atoms with Crippen LogP contribution in [0.4, 0.5) is 5.82 Å². The van der Waals surface area contributed by atoms with Crippen LogP contribution in [0.2, 0.25) is 0 Å². The Hall–Kier alpha value is -1.46. The number of halogens is 1. The summed E-state index contributed by atoms with van der Waals surface area (Å²) in [6.07, 6.45) is 0.707. The van der Waals surface area contributed by atoms with Crippen molar-refractivity contribution in [3.05, 3.63) is 51.4 Å². The van der Waals surface area contributed by atoms with Crippen molar-refractivity contribution in [2.75, 3.05) is 19.5 Å². The molecule has 2 rings (SSSR count). The van der Waals surface area contributed by atoms with Crippen LogP contribution < -0.4 is 5.32 Å². The van der Waals surface area contributed by atoms with Gasteiger partial charge in [0.2, 0.25) is 0 Å². The van der Waals surface area contributed by atoms with Gasteiger partial charge in [-0.3, -0.25) is 0 Å². The lowest BCUT2D eigenvalue weighted by molar-refractivity contribution is 0.180. The molecule has 0 aliphatic heterocycles. The highest BCUT2D eigenvalue weighted by Gasteiger charge is 2.11. The van der Waals surface area contributed by atoms with Gasteiger partial charge in [0.05, 0.1) is 16.8 Å². The summed E-state index contributed by atoms with van der Waals surface area (Å²) in [7, 11) is 3.51. The van der Waals surface area contributed by atoms with Gasteiger partial charge < -0.3 is 10.1 Å². The second-order valence-electron chi connectivity index (χ2n) is 4.59. The van der Waals surface area contributed by atoms with E-state index >= 15 is 0 Å². The number of anilines is 1. The maximum absolute atomic E-state index is 5.18. The Morgan fingerprint density at radius 1 is 1.20 bits per heavy atom. The van der Waals surface area contributed by atoms with Crippen molar-refractivity contribution in [3.8, 4) is 0 Å². The van der Waals surface area contributed by atoms with E-state index in [1.807, 2.05) is 7.05 Å². The fourth-order valence-corrected chi connectivity index (χ4v) is 2.40. The summed E-state index contributed by atoms with van der Waals surface area (Å²) in [6.45, 7) is 2.54. The molecule has 2 aromatic rings. The summed E-state index contributed by atoms with van der Waals surface area (Å²) in [5.74, 6) is 1.57. The summed E-state index contributed by atoms with van der Waals surface area (Å²) < 4.78 is 6.04. The van der Waals surface area contributed by atoms with Gasteiger partial charge in [-0.05, 0) is 28.4 Å². The number of hydrogen-bond donors (Lipinski definition) is 1. The van der Waals surface area contributed by atoms with Crippen molar-refractivity contribution in [1.82, 2.24) is 9.97 Å². The zero-order valence-electron chi connectivity index (χ0n) is 11.9. The fourth-order valence-electron chi connectivity index (χ4n) is 1.91. The van der Waals surface area contributed by atoms with Gasteiger partial charge in [-0.1, -0.05) is 29.8 Å². The highest BCUT2D eigenvalue weighted by atomic mass is 79.9. The predicted octanol–water partition coefficient (Wildman–Crippen LogP) is 3.33. The van der Waals surface area contributed by atoms with E-state index in [1.165, 1.54) is 11.1 Å². The number of nitrogens with zero attached hydrogens (tertiary/aromatic N) is 2.